The van der Waals surface area contributed by atoms with Gasteiger partial charge >= 0.3 is 6.18 Å². The lowest BCUT2D eigenvalue weighted by Crippen LogP contribution is -2.23. The zero-order chi connectivity index (χ0) is 68.4. The van der Waals surface area contributed by atoms with Gasteiger partial charge in [-0.2, -0.15) is 18.3 Å². The summed E-state index contributed by atoms with van der Waals surface area (Å²) in [6.07, 6.45) is 4.76. The number of halogens is 3. The van der Waals surface area contributed by atoms with Crippen molar-refractivity contribution < 1.29 is 37.2 Å². The molecule has 0 radical (unpaired) electrons. The van der Waals surface area contributed by atoms with E-state index in [4.69, 9.17) is 50.0 Å². The van der Waals surface area contributed by atoms with Crippen molar-refractivity contribution >= 4 is 82.7 Å². The monoisotopic (exact) mass is 1300 g/mol. The standard InChI is InChI=1S/C25H20N4O3S.C24H23N5O.C23H17F3N6O/c1-33(31,32)21-7-3-5-17(13-21)18-10-11-22-23(14-18)20(15-28-25(22)27)9-8-16-4-2-6-19(12-16)24(26)29-30;1-29-11-9-17(10-12-29)18-7-8-21-22(14-18)20(15-27-24(21)26)6-5-16-3-2-4-19(13-16)23(25)28-30;1-32-19(11-20(30-32)23(24,25)26)14-7-8-17-18(10-14)16(12-29-22(17)28)6-5-13-3-2-4-15(9-13)21(27)31-33/h2-7,10-15,30H,1H3,(H2,26,29)(H2,27,28);2-4,7-9,13-15,30H,10-12H2,1H3,(H2,25,28)(H2,26,27);2-4,7-12,33H,1H3,(H2,27,31)(H2,28,29). The Morgan fingerprint density at radius 2 is 0.917 bits per heavy atom. The molecule has 0 spiro atoms. The van der Waals surface area contributed by atoms with Crippen LogP contribution in [0.2, 0.25) is 0 Å². The third-order valence-corrected chi connectivity index (χ3v) is 16.5. The number of sulfone groups is 1. The summed E-state index contributed by atoms with van der Waals surface area (Å²) >= 11 is 0. The fourth-order valence-corrected chi connectivity index (χ4v) is 11.0. The Labute approximate surface area is 549 Å². The molecular formula is C72H60F3N15O5S. The summed E-state index contributed by atoms with van der Waals surface area (Å²) in [7, 11) is 0.250. The Bertz CT molecular complexity index is 5320. The lowest BCUT2D eigenvalue weighted by Gasteiger charge is -2.22. The molecule has 5 heterocycles. The summed E-state index contributed by atoms with van der Waals surface area (Å²) in [5.74, 6) is 19.7. The van der Waals surface area contributed by atoms with Crippen LogP contribution < -0.4 is 34.4 Å². The van der Waals surface area contributed by atoms with E-state index in [-0.39, 0.29) is 28.2 Å². The number of anilines is 3. The molecule has 24 heteroatoms. The van der Waals surface area contributed by atoms with E-state index in [0.29, 0.717) is 72.6 Å². The third-order valence-electron chi connectivity index (χ3n) is 15.4. The van der Waals surface area contributed by atoms with Gasteiger partial charge in [0.15, 0.2) is 33.0 Å². The van der Waals surface area contributed by atoms with Crippen molar-refractivity contribution in [3.05, 3.63) is 244 Å². The molecule has 480 valence electrons. The highest BCUT2D eigenvalue weighted by Crippen LogP contribution is 2.35. The van der Waals surface area contributed by atoms with E-state index in [0.717, 1.165) is 69.4 Å². The molecule has 12 rings (SSSR count). The van der Waals surface area contributed by atoms with Crippen molar-refractivity contribution in [3.63, 3.8) is 0 Å². The number of aromatic nitrogens is 5. The average molecular weight is 1300 g/mol. The molecule has 0 fully saturated rings. The van der Waals surface area contributed by atoms with Crippen molar-refractivity contribution in [2.45, 2.75) is 17.5 Å². The van der Waals surface area contributed by atoms with Crippen LogP contribution in [0.15, 0.2) is 203 Å². The number of nitrogens with zero attached hydrogens (tertiary/aromatic N) is 9. The van der Waals surface area contributed by atoms with Gasteiger partial charge in [0.05, 0.1) is 27.3 Å². The van der Waals surface area contributed by atoms with Gasteiger partial charge in [-0.15, -0.1) is 0 Å². The van der Waals surface area contributed by atoms with Crippen molar-refractivity contribution in [1.29, 1.82) is 0 Å². The van der Waals surface area contributed by atoms with E-state index in [1.807, 2.05) is 48.5 Å². The largest absolute Gasteiger partial charge is 0.435 e. The molecule has 15 N–H and O–H groups in total. The molecule has 1 aliphatic rings. The summed E-state index contributed by atoms with van der Waals surface area (Å²) in [6, 6.07) is 45.9. The number of hydrogen-bond acceptors (Lipinski definition) is 16. The number of benzene rings is 7. The topological polar surface area (TPSA) is 348 Å². The van der Waals surface area contributed by atoms with Crippen LogP contribution in [0, 0.1) is 35.5 Å². The highest BCUT2D eigenvalue weighted by atomic mass is 32.2. The molecule has 0 amide bonds. The summed E-state index contributed by atoms with van der Waals surface area (Å²) in [4.78, 5) is 15.3. The van der Waals surface area contributed by atoms with Gasteiger partial charge in [-0.3, -0.25) is 4.68 Å². The van der Waals surface area contributed by atoms with Crippen molar-refractivity contribution in [2.24, 2.45) is 39.7 Å². The fraction of sp³-hybridized carbons (Fsp3) is 0.0972. The molecule has 0 saturated carbocycles. The maximum absolute atomic E-state index is 13.1. The first-order valence-electron chi connectivity index (χ1n) is 29.1. The Balaban J connectivity index is 0.000000157. The molecule has 1 aliphatic heterocycles. The number of nitrogens with two attached hydrogens (primary N) is 6. The minimum Gasteiger partial charge on any atom is -0.409 e. The fourth-order valence-electron chi connectivity index (χ4n) is 10.3. The second kappa shape index (κ2) is 28.4. The van der Waals surface area contributed by atoms with Crippen LogP contribution in [0.5, 0.6) is 0 Å². The van der Waals surface area contributed by atoms with Crippen LogP contribution in [0.4, 0.5) is 30.6 Å². The van der Waals surface area contributed by atoms with Gasteiger partial charge < -0.3 is 54.9 Å². The van der Waals surface area contributed by atoms with Gasteiger partial charge in [0.25, 0.3) is 0 Å². The maximum Gasteiger partial charge on any atom is 0.435 e. The zero-order valence-electron chi connectivity index (χ0n) is 51.6. The van der Waals surface area contributed by atoms with Gasteiger partial charge in [0.2, 0.25) is 0 Å². The highest BCUT2D eigenvalue weighted by molar-refractivity contribution is 7.90. The Hall–Kier alpha value is -12.7. The predicted octanol–water partition coefficient (Wildman–Crippen LogP) is 10.1. The van der Waals surface area contributed by atoms with E-state index < -0.39 is 21.7 Å². The molecule has 0 unspecified atom stereocenters. The van der Waals surface area contributed by atoms with E-state index in [1.165, 1.54) is 35.3 Å². The number of pyridine rings is 3. The van der Waals surface area contributed by atoms with Gasteiger partial charge in [-0.1, -0.05) is 136 Å². The van der Waals surface area contributed by atoms with Crippen molar-refractivity contribution in [3.8, 4) is 57.9 Å². The van der Waals surface area contributed by atoms with Gasteiger partial charge in [0, 0.05) is 116 Å². The summed E-state index contributed by atoms with van der Waals surface area (Å²) in [5.41, 5.74) is 44.9. The molecule has 0 atom stereocenters. The minimum atomic E-state index is -4.55. The average Bonchev–Trinajstić information content (AvgIpc) is 1.12. The molecule has 0 bridgehead atoms. The first-order valence-corrected chi connectivity index (χ1v) is 31.0. The van der Waals surface area contributed by atoms with Gasteiger partial charge in [-0.25, -0.2) is 23.4 Å². The smallest absolute Gasteiger partial charge is 0.409 e. The molecule has 0 saturated heterocycles. The lowest BCUT2D eigenvalue weighted by atomic mass is 9.96. The van der Waals surface area contributed by atoms with E-state index in [1.54, 1.807) is 103 Å². The van der Waals surface area contributed by atoms with Crippen LogP contribution in [0.25, 0.3) is 60.3 Å². The summed E-state index contributed by atoms with van der Waals surface area (Å²) in [5, 5.41) is 43.9. The Morgan fingerprint density at radius 1 is 0.510 bits per heavy atom. The maximum atomic E-state index is 13.1. The Morgan fingerprint density at radius 3 is 1.32 bits per heavy atom. The number of alkyl halides is 3. The number of likely N-dealkylation sites (N-methyl/N-ethyl adjacent to an activating group) is 1. The highest BCUT2D eigenvalue weighted by Gasteiger charge is 2.35. The molecule has 7 aromatic carbocycles. The predicted molar refractivity (Wildman–Crippen MR) is 369 cm³/mol. The number of hydrogen-bond donors (Lipinski definition) is 9. The molecule has 11 aromatic rings. The van der Waals surface area contributed by atoms with Crippen LogP contribution in [-0.2, 0) is 23.1 Å². The molecule has 0 aliphatic carbocycles. The number of oxime groups is 3. The van der Waals surface area contributed by atoms with Crippen LogP contribution in [0.1, 0.15) is 67.7 Å². The molecule has 4 aromatic heterocycles. The summed E-state index contributed by atoms with van der Waals surface area (Å²) < 4.78 is 64.3. The van der Waals surface area contributed by atoms with E-state index in [9.17, 15) is 21.6 Å². The minimum absolute atomic E-state index is 0.000725. The molecular weight excluding hydrogens is 1240 g/mol. The van der Waals surface area contributed by atoms with Gasteiger partial charge in [0.1, 0.15) is 17.5 Å². The van der Waals surface area contributed by atoms with E-state index >= 15 is 0 Å². The number of nitrogen functional groups attached to an aromatic ring is 3. The Kier molecular flexibility index (Phi) is 19.6. The first-order chi connectivity index (χ1) is 46.0. The van der Waals surface area contributed by atoms with Crippen LogP contribution in [-0.4, -0.2) is 97.6 Å². The number of fused-ring (bicyclic) bond motifs is 3. The second-order valence-corrected chi connectivity index (χ2v) is 24.0. The normalized spacial score (nSPS) is 12.8. The molecule has 96 heavy (non-hydrogen) atoms. The SMILES string of the molecule is CN1CC=C(c2ccc3c(N)ncc(C#Cc4cccc(C(N)=NO)c4)c3c2)CC1.CS(=O)(=O)c1cccc(-c2ccc3c(N)ncc(C#Cc4cccc(C(N)=NO)c4)c3c2)c1.Cn1nc(C(F)(F)F)cc1-c1ccc2c(N)ncc(C#Cc3cccc(C(N)=NO)c3)c2c1. The van der Waals surface area contributed by atoms with Crippen molar-refractivity contribution in [1.82, 2.24) is 29.6 Å². The van der Waals surface area contributed by atoms with Crippen LogP contribution >= 0.6 is 0 Å². The number of aryl methyl sites for hydroxylation is 1. The summed E-state index contributed by atoms with van der Waals surface area (Å²) in [6.45, 7) is 2.00. The second-order valence-electron chi connectivity index (χ2n) is 22.0. The van der Waals surface area contributed by atoms with Crippen molar-refractivity contribution in [2.75, 3.05) is 43.6 Å². The number of amidine groups is 3. The molecule has 20 nitrogen and oxygen atoms in total. The quantitative estimate of drug-likeness (QED) is 0.0235. The first kappa shape index (κ1) is 66.2. The lowest BCUT2D eigenvalue weighted by molar-refractivity contribution is -0.141. The van der Waals surface area contributed by atoms with Gasteiger partial charge in [-0.05, 0) is 115 Å². The number of rotatable bonds is 7. The van der Waals surface area contributed by atoms with E-state index in [2.05, 4.69) is 101 Å². The third kappa shape index (κ3) is 15.4. The zero-order valence-corrected chi connectivity index (χ0v) is 52.4. The van der Waals surface area contributed by atoms with Crippen LogP contribution in [0.3, 0.4) is 0 Å².